The predicted octanol–water partition coefficient (Wildman–Crippen LogP) is 5.58. The Labute approximate surface area is 211 Å². The monoisotopic (exact) mass is 539 g/mol. The Bertz CT molecular complexity index is 1460. The van der Waals surface area contributed by atoms with Crippen LogP contribution in [0.4, 0.5) is 38.0 Å². The Morgan fingerprint density at radius 3 is 2.29 bits per heavy atom. The second-order valence-corrected chi connectivity index (χ2v) is 8.59. The number of fused-ring (bicyclic) bond motifs is 1. The van der Waals surface area contributed by atoms with Crippen molar-refractivity contribution < 1.29 is 40.6 Å². The van der Waals surface area contributed by atoms with E-state index in [0.717, 1.165) is 24.3 Å². The molecule has 14 heteroatoms. The maximum atomic E-state index is 13.7. The highest BCUT2D eigenvalue weighted by Crippen LogP contribution is 2.36. The van der Waals surface area contributed by atoms with Crippen LogP contribution >= 0.6 is 0 Å². The normalized spacial score (nSPS) is 13.1. The molecular weight excluding hydrogens is 518 g/mol. The van der Waals surface area contributed by atoms with Crippen LogP contribution in [0.1, 0.15) is 38.1 Å². The number of carbonyl (C=O) groups excluding carboxylic acids is 1. The minimum absolute atomic E-state index is 0.0100. The topological polar surface area (TPSA) is 85.3 Å². The second kappa shape index (κ2) is 9.91. The third kappa shape index (κ3) is 5.53. The van der Waals surface area contributed by atoms with Gasteiger partial charge in [0.1, 0.15) is 0 Å². The molecule has 38 heavy (non-hydrogen) atoms. The van der Waals surface area contributed by atoms with Crippen LogP contribution in [0.5, 0.6) is 0 Å². The van der Waals surface area contributed by atoms with Gasteiger partial charge < -0.3 is 10.1 Å². The van der Waals surface area contributed by atoms with Gasteiger partial charge in [-0.1, -0.05) is 23.0 Å². The lowest BCUT2D eigenvalue weighted by Gasteiger charge is -2.14. The van der Waals surface area contributed by atoms with E-state index in [-0.39, 0.29) is 28.5 Å². The number of benzene rings is 1. The maximum absolute atomic E-state index is 13.7. The summed E-state index contributed by atoms with van der Waals surface area (Å²) in [7, 11) is 0. The zero-order valence-electron chi connectivity index (χ0n) is 20.2. The number of halogens is 6. The van der Waals surface area contributed by atoms with Gasteiger partial charge in [0.25, 0.3) is 5.95 Å². The van der Waals surface area contributed by atoms with E-state index in [2.05, 4.69) is 20.5 Å². The fourth-order valence-electron chi connectivity index (χ4n) is 3.56. The smallest absolute Gasteiger partial charge is 0.400 e. The zero-order valence-corrected chi connectivity index (χ0v) is 20.2. The number of carbonyl (C=O) groups is 1. The van der Waals surface area contributed by atoms with E-state index in [9.17, 15) is 31.1 Å². The van der Waals surface area contributed by atoms with Gasteiger partial charge in [0, 0.05) is 24.9 Å². The summed E-state index contributed by atoms with van der Waals surface area (Å²) in [5, 5.41) is 10.8. The van der Waals surface area contributed by atoms with Crippen LogP contribution in [-0.4, -0.2) is 25.7 Å². The summed E-state index contributed by atoms with van der Waals surface area (Å²) in [5.41, 5.74) is -1.89. The first-order valence-electron chi connectivity index (χ1n) is 11.2. The Morgan fingerprint density at radius 1 is 1.00 bits per heavy atom. The maximum Gasteiger partial charge on any atom is 0.418 e. The lowest BCUT2D eigenvalue weighted by Crippen LogP contribution is -2.47. The summed E-state index contributed by atoms with van der Waals surface area (Å²) in [5.74, 6) is -1.05. The van der Waals surface area contributed by atoms with Gasteiger partial charge in [-0.15, -0.1) is 10.2 Å². The molecular formula is C24H21F6N6O2+. The van der Waals surface area contributed by atoms with Crippen molar-refractivity contribution in [2.45, 2.75) is 39.4 Å². The fourth-order valence-corrected chi connectivity index (χ4v) is 3.56. The number of nitrogens with one attached hydrogen (secondary N) is 1. The van der Waals surface area contributed by atoms with Gasteiger partial charge in [-0.2, -0.15) is 26.3 Å². The lowest BCUT2D eigenvalue weighted by atomic mass is 10.1. The molecule has 3 aromatic heterocycles. The number of anilines is 2. The fraction of sp³-hybridized carbons (Fsp3) is 0.292. The molecule has 0 fully saturated rings. The standard InChI is InChI=1S/C24H20F6N6O2/c1-13(2)21(37)38-14(3)35-12-15(20-18(24(28,29)30)5-4-10-31-20)11-19-33-34-22(36(19)35)32-17-8-6-16(7-9-17)23(25,26)27/h4-14H,1-3H3/p+1. The summed E-state index contributed by atoms with van der Waals surface area (Å²) in [6.07, 6.45) is -7.75. The van der Waals surface area contributed by atoms with E-state index in [0.29, 0.717) is 0 Å². The SMILES string of the molecule is CC(C)C(=O)OC(C)[n+]1cc(-c2ncccc2C(F)(F)F)cc2nnc(Nc3ccc(C(F)(F)F)cc3)n21. The van der Waals surface area contributed by atoms with Gasteiger partial charge >= 0.3 is 24.5 Å². The number of hydrogen-bond donors (Lipinski definition) is 1. The van der Waals surface area contributed by atoms with Gasteiger partial charge in [-0.3, -0.25) is 9.78 Å². The molecule has 0 aliphatic heterocycles. The highest BCUT2D eigenvalue weighted by atomic mass is 19.4. The van der Waals surface area contributed by atoms with Crippen molar-refractivity contribution in [2.24, 2.45) is 5.92 Å². The molecule has 1 unspecified atom stereocenters. The molecule has 0 bridgehead atoms. The molecule has 1 aromatic carbocycles. The highest BCUT2D eigenvalue weighted by Gasteiger charge is 2.36. The number of alkyl halides is 6. The molecule has 4 aromatic rings. The summed E-state index contributed by atoms with van der Waals surface area (Å²) in [4.78, 5) is 16.2. The molecule has 0 spiro atoms. The summed E-state index contributed by atoms with van der Waals surface area (Å²) in [6.45, 7) is 4.73. The average molecular weight is 539 g/mol. The quantitative estimate of drug-likeness (QED) is 0.196. The first-order chi connectivity index (χ1) is 17.8. The average Bonchev–Trinajstić information content (AvgIpc) is 3.25. The first-order valence-corrected chi connectivity index (χ1v) is 11.2. The number of pyridine rings is 1. The largest absolute Gasteiger partial charge is 0.418 e. The van der Waals surface area contributed by atoms with E-state index in [1.165, 1.54) is 46.7 Å². The highest BCUT2D eigenvalue weighted by molar-refractivity contribution is 5.71. The number of ether oxygens (including phenoxy) is 1. The van der Waals surface area contributed by atoms with E-state index >= 15 is 0 Å². The summed E-state index contributed by atoms with van der Waals surface area (Å²) >= 11 is 0. The van der Waals surface area contributed by atoms with Gasteiger partial charge in [0.2, 0.25) is 11.8 Å². The molecule has 3 heterocycles. The Balaban J connectivity index is 1.84. The number of rotatable bonds is 6. The second-order valence-electron chi connectivity index (χ2n) is 8.59. The predicted molar refractivity (Wildman–Crippen MR) is 122 cm³/mol. The zero-order chi connectivity index (χ0) is 27.8. The van der Waals surface area contributed by atoms with Crippen LogP contribution in [-0.2, 0) is 21.9 Å². The van der Waals surface area contributed by atoms with Crippen LogP contribution in [0.25, 0.3) is 16.9 Å². The molecule has 0 saturated carbocycles. The lowest BCUT2D eigenvalue weighted by molar-refractivity contribution is -0.811. The van der Waals surface area contributed by atoms with Crippen LogP contribution in [0.2, 0.25) is 0 Å². The first kappa shape index (κ1) is 26.8. The van der Waals surface area contributed by atoms with Crippen molar-refractivity contribution in [1.29, 1.82) is 0 Å². The Morgan fingerprint density at radius 2 is 1.68 bits per heavy atom. The molecule has 1 N–H and O–H groups in total. The van der Waals surface area contributed by atoms with Gasteiger partial charge in [0.15, 0.2) is 0 Å². The molecule has 0 aliphatic carbocycles. The van der Waals surface area contributed by atoms with Crippen molar-refractivity contribution >= 4 is 23.3 Å². The van der Waals surface area contributed by atoms with E-state index < -0.39 is 41.6 Å². The summed E-state index contributed by atoms with van der Waals surface area (Å²) in [6, 6.07) is 7.50. The van der Waals surface area contributed by atoms with Crippen LogP contribution in [0.15, 0.2) is 54.9 Å². The summed E-state index contributed by atoms with van der Waals surface area (Å²) < 4.78 is 87.9. The number of nitrogens with zero attached hydrogens (tertiary/aromatic N) is 5. The molecule has 1 atom stereocenters. The molecule has 8 nitrogen and oxygen atoms in total. The molecule has 0 amide bonds. The molecule has 0 radical (unpaired) electrons. The number of aromatic nitrogens is 5. The van der Waals surface area contributed by atoms with Crippen LogP contribution in [0, 0.1) is 5.92 Å². The molecule has 200 valence electrons. The van der Waals surface area contributed by atoms with E-state index in [4.69, 9.17) is 4.74 Å². The van der Waals surface area contributed by atoms with Crippen LogP contribution in [0.3, 0.4) is 0 Å². The Kier molecular flexibility index (Phi) is 7.00. The van der Waals surface area contributed by atoms with Crippen molar-refractivity contribution in [2.75, 3.05) is 5.32 Å². The number of hydrogen-bond acceptors (Lipinski definition) is 6. The van der Waals surface area contributed by atoms with Crippen molar-refractivity contribution in [3.05, 3.63) is 66.0 Å². The van der Waals surface area contributed by atoms with Crippen molar-refractivity contribution in [1.82, 2.24) is 19.7 Å². The third-order valence-corrected chi connectivity index (χ3v) is 5.44. The minimum Gasteiger partial charge on any atom is -0.400 e. The number of esters is 1. The van der Waals surface area contributed by atoms with Crippen molar-refractivity contribution in [3.63, 3.8) is 0 Å². The van der Waals surface area contributed by atoms with E-state index in [1.54, 1.807) is 13.8 Å². The van der Waals surface area contributed by atoms with Crippen molar-refractivity contribution in [3.8, 4) is 11.3 Å². The molecule has 4 rings (SSSR count). The third-order valence-electron chi connectivity index (χ3n) is 5.44. The van der Waals surface area contributed by atoms with Gasteiger partial charge in [-0.05, 0) is 36.4 Å². The Hall–Kier alpha value is -4.23. The molecule has 0 saturated heterocycles. The van der Waals surface area contributed by atoms with Gasteiger partial charge in [-0.25, -0.2) is 0 Å². The van der Waals surface area contributed by atoms with Gasteiger partial charge in [0.05, 0.1) is 28.3 Å². The van der Waals surface area contributed by atoms with Crippen LogP contribution < -0.4 is 10.00 Å². The molecule has 0 aliphatic rings. The van der Waals surface area contributed by atoms with E-state index in [1.807, 2.05) is 0 Å². The minimum atomic E-state index is -4.70.